The van der Waals surface area contributed by atoms with E-state index in [2.05, 4.69) is 31.3 Å². The summed E-state index contributed by atoms with van der Waals surface area (Å²) in [5.74, 6) is -0.328. The van der Waals surface area contributed by atoms with Crippen LogP contribution in [0.4, 0.5) is 5.69 Å². The van der Waals surface area contributed by atoms with Gasteiger partial charge in [0.15, 0.2) is 5.65 Å². The number of amides is 1. The number of hydrogen-bond acceptors (Lipinski definition) is 5. The van der Waals surface area contributed by atoms with Crippen LogP contribution in [0.3, 0.4) is 0 Å². The molecule has 0 saturated heterocycles. The molecular weight excluding hydrogens is 454 g/mol. The number of aryl methyl sites for hydroxylation is 1. The second-order valence-electron chi connectivity index (χ2n) is 6.29. The molecule has 4 rings (SSSR count). The zero-order valence-electron chi connectivity index (χ0n) is 15.4. The van der Waals surface area contributed by atoms with Crippen LogP contribution in [0, 0.1) is 6.92 Å². The zero-order valence-corrected chi connectivity index (χ0v) is 17.8. The van der Waals surface area contributed by atoms with E-state index in [1.807, 2.05) is 55.5 Å². The number of nitrogens with zero attached hydrogens (tertiary/aromatic N) is 4. The van der Waals surface area contributed by atoms with E-state index in [0.717, 1.165) is 19.6 Å². The number of carbonyl (C=O) groups excluding carboxylic acids is 1. The predicted molar refractivity (Wildman–Crippen MR) is 115 cm³/mol. The Labute approximate surface area is 178 Å². The highest BCUT2D eigenvalue weighted by Gasteiger charge is 2.15. The van der Waals surface area contributed by atoms with Gasteiger partial charge in [0, 0.05) is 27.4 Å². The first kappa shape index (κ1) is 19.4. The number of benzene rings is 2. The molecule has 0 atom stereocenters. The quantitative estimate of drug-likeness (QED) is 0.481. The van der Waals surface area contributed by atoms with Crippen molar-refractivity contribution in [1.29, 1.82) is 0 Å². The Morgan fingerprint density at radius 1 is 1.21 bits per heavy atom. The van der Waals surface area contributed by atoms with Crippen molar-refractivity contribution in [2.75, 3.05) is 5.32 Å². The number of rotatable bonds is 5. The smallest absolute Gasteiger partial charge is 0.324 e. The van der Waals surface area contributed by atoms with Crippen LogP contribution >= 0.6 is 27.7 Å². The van der Waals surface area contributed by atoms with Gasteiger partial charge in [-0.25, -0.2) is 18.9 Å². The van der Waals surface area contributed by atoms with Gasteiger partial charge in [-0.15, -0.1) is 5.10 Å². The Morgan fingerprint density at radius 2 is 2.00 bits per heavy atom. The van der Waals surface area contributed by atoms with Gasteiger partial charge in [-0.1, -0.05) is 45.9 Å². The van der Waals surface area contributed by atoms with Crippen LogP contribution < -0.4 is 11.0 Å². The monoisotopic (exact) mass is 469 g/mol. The van der Waals surface area contributed by atoms with Crippen LogP contribution in [0.25, 0.3) is 5.65 Å². The van der Waals surface area contributed by atoms with Gasteiger partial charge in [-0.2, -0.15) is 0 Å². The average molecular weight is 470 g/mol. The van der Waals surface area contributed by atoms with Crippen LogP contribution in [-0.2, 0) is 11.3 Å². The first-order chi connectivity index (χ1) is 14.0. The Balaban J connectivity index is 1.59. The molecule has 1 N–H and O–H groups in total. The maximum atomic E-state index is 12.7. The minimum atomic E-state index is -0.389. The summed E-state index contributed by atoms with van der Waals surface area (Å²) < 4.78 is 3.48. The molecule has 0 radical (unpaired) electrons. The molecule has 2 aromatic carbocycles. The van der Waals surface area contributed by atoms with Crippen LogP contribution in [-0.4, -0.2) is 25.1 Å². The van der Waals surface area contributed by atoms with Gasteiger partial charge in [0.1, 0.15) is 11.6 Å². The van der Waals surface area contributed by atoms with Crippen molar-refractivity contribution >= 4 is 44.9 Å². The molecule has 1 amide bonds. The molecule has 0 fully saturated rings. The predicted octanol–water partition coefficient (Wildman–Crippen LogP) is 3.75. The van der Waals surface area contributed by atoms with E-state index in [4.69, 9.17) is 0 Å². The van der Waals surface area contributed by atoms with Crippen molar-refractivity contribution in [2.24, 2.45) is 0 Å². The number of hydrogen-bond donors (Lipinski definition) is 1. The van der Waals surface area contributed by atoms with Crippen molar-refractivity contribution < 1.29 is 4.79 Å². The molecule has 0 aliphatic heterocycles. The zero-order chi connectivity index (χ0) is 20.4. The SMILES string of the molecule is Cc1cc(Br)ccc1NC(=O)Cn1nc2c(Sc3ccccc3)nccn2c1=O. The molecule has 0 spiro atoms. The standard InChI is InChI=1S/C20H16BrN5O2S/c1-13-11-14(21)7-8-16(13)23-17(27)12-26-20(28)25-10-9-22-19(18(25)24-26)29-15-5-3-2-4-6-15/h2-11H,12H2,1H3,(H,23,27). The van der Waals surface area contributed by atoms with E-state index >= 15 is 0 Å². The van der Waals surface area contributed by atoms with Gasteiger partial charge in [-0.05, 0) is 42.8 Å². The van der Waals surface area contributed by atoms with E-state index in [1.165, 1.54) is 16.2 Å². The lowest BCUT2D eigenvalue weighted by Crippen LogP contribution is -2.28. The number of carbonyl (C=O) groups is 1. The van der Waals surface area contributed by atoms with E-state index in [1.54, 1.807) is 12.4 Å². The lowest BCUT2D eigenvalue weighted by molar-refractivity contribution is -0.117. The van der Waals surface area contributed by atoms with Crippen molar-refractivity contribution in [2.45, 2.75) is 23.4 Å². The van der Waals surface area contributed by atoms with Crippen molar-refractivity contribution in [3.8, 4) is 0 Å². The summed E-state index contributed by atoms with van der Waals surface area (Å²) in [5, 5.41) is 7.76. The molecule has 146 valence electrons. The van der Waals surface area contributed by atoms with Crippen LogP contribution in [0.15, 0.2) is 80.1 Å². The molecule has 29 heavy (non-hydrogen) atoms. The summed E-state index contributed by atoms with van der Waals surface area (Å²) in [6.45, 7) is 1.71. The lowest BCUT2D eigenvalue weighted by atomic mass is 10.2. The normalized spacial score (nSPS) is 11.0. The Morgan fingerprint density at radius 3 is 2.76 bits per heavy atom. The largest absolute Gasteiger partial charge is 0.350 e. The first-order valence-corrected chi connectivity index (χ1v) is 10.4. The maximum absolute atomic E-state index is 12.7. The Kier molecular flexibility index (Phi) is 5.50. The molecule has 4 aromatic rings. The van der Waals surface area contributed by atoms with Gasteiger partial charge in [0.25, 0.3) is 0 Å². The van der Waals surface area contributed by atoms with Crippen LogP contribution in [0.1, 0.15) is 5.56 Å². The van der Waals surface area contributed by atoms with E-state index in [0.29, 0.717) is 16.4 Å². The summed E-state index contributed by atoms with van der Waals surface area (Å²) in [7, 11) is 0. The minimum absolute atomic E-state index is 0.189. The summed E-state index contributed by atoms with van der Waals surface area (Å²) in [5.41, 5.74) is 1.64. The van der Waals surface area contributed by atoms with Crippen molar-refractivity contribution in [3.05, 3.63) is 81.4 Å². The van der Waals surface area contributed by atoms with Gasteiger partial charge < -0.3 is 5.32 Å². The molecular formula is C20H16BrN5O2S. The lowest BCUT2D eigenvalue weighted by Gasteiger charge is -2.08. The fourth-order valence-corrected chi connectivity index (χ4v) is 4.13. The third kappa shape index (κ3) is 4.25. The number of aromatic nitrogens is 4. The molecule has 2 heterocycles. The van der Waals surface area contributed by atoms with Crippen LogP contribution in [0.5, 0.6) is 0 Å². The first-order valence-electron chi connectivity index (χ1n) is 8.74. The van der Waals surface area contributed by atoms with Crippen LogP contribution in [0.2, 0.25) is 0 Å². The highest BCUT2D eigenvalue weighted by molar-refractivity contribution is 9.10. The molecule has 0 aliphatic rings. The van der Waals surface area contributed by atoms with Gasteiger partial charge in [0.2, 0.25) is 5.91 Å². The van der Waals surface area contributed by atoms with E-state index < -0.39 is 0 Å². The molecule has 0 bridgehead atoms. The number of nitrogens with one attached hydrogen (secondary N) is 1. The average Bonchev–Trinajstić information content (AvgIpc) is 3.02. The molecule has 0 unspecified atom stereocenters. The summed E-state index contributed by atoms with van der Waals surface area (Å²) in [4.78, 5) is 30.5. The van der Waals surface area contributed by atoms with E-state index in [-0.39, 0.29) is 18.1 Å². The highest BCUT2D eigenvalue weighted by Crippen LogP contribution is 2.27. The Hall–Kier alpha value is -2.91. The fourth-order valence-electron chi connectivity index (χ4n) is 2.79. The maximum Gasteiger partial charge on any atom is 0.350 e. The molecule has 2 aromatic heterocycles. The minimum Gasteiger partial charge on any atom is -0.324 e. The third-order valence-corrected chi connectivity index (χ3v) is 5.67. The fraction of sp³-hybridized carbons (Fsp3) is 0.100. The van der Waals surface area contributed by atoms with Gasteiger partial charge in [-0.3, -0.25) is 4.79 Å². The summed E-state index contributed by atoms with van der Waals surface area (Å²) in [6, 6.07) is 15.3. The summed E-state index contributed by atoms with van der Waals surface area (Å²) in [6.07, 6.45) is 3.10. The van der Waals surface area contributed by atoms with Gasteiger partial charge in [0.05, 0.1) is 0 Å². The molecule has 9 heteroatoms. The second kappa shape index (κ2) is 8.22. The third-order valence-electron chi connectivity index (χ3n) is 4.18. The molecule has 0 aliphatic carbocycles. The second-order valence-corrected chi connectivity index (χ2v) is 8.27. The van der Waals surface area contributed by atoms with Gasteiger partial charge >= 0.3 is 5.69 Å². The van der Waals surface area contributed by atoms with Crippen molar-refractivity contribution in [3.63, 3.8) is 0 Å². The van der Waals surface area contributed by atoms with E-state index in [9.17, 15) is 9.59 Å². The Bertz CT molecular complexity index is 1250. The number of halogens is 1. The highest BCUT2D eigenvalue weighted by atomic mass is 79.9. The molecule has 7 nitrogen and oxygen atoms in total. The topological polar surface area (TPSA) is 81.3 Å². The number of anilines is 1. The van der Waals surface area contributed by atoms with Crippen molar-refractivity contribution in [1.82, 2.24) is 19.2 Å². The molecule has 0 saturated carbocycles. The number of fused-ring (bicyclic) bond motifs is 1. The summed E-state index contributed by atoms with van der Waals surface area (Å²) >= 11 is 4.81.